The molecular formula is C130H73N3OS3Se3. The van der Waals surface area contributed by atoms with Crippen LogP contribution in [-0.2, 0) is 0 Å². The first-order chi connectivity index (χ1) is 69.5. The molecule has 10 aromatic heterocycles. The first-order valence-electron chi connectivity index (χ1n) is 47.6. The monoisotopic (exact) mass is 2030 g/mol. The van der Waals surface area contributed by atoms with Crippen molar-refractivity contribution in [3.63, 3.8) is 0 Å². The number of fused-ring (bicyclic) bond motifs is 37. The molecule has 0 unspecified atom stereocenters. The molecule has 0 aliphatic heterocycles. The first-order valence-corrected chi connectivity index (χ1v) is 55.1. The van der Waals surface area contributed by atoms with Gasteiger partial charge in [-0.25, -0.2) is 0 Å². The third-order valence-electron chi connectivity index (χ3n) is 29.5. The Kier molecular flexibility index (Phi) is 17.6. The molecule has 0 radical (unpaired) electrons. The van der Waals surface area contributed by atoms with E-state index in [1.54, 1.807) is 0 Å². The minimum absolute atomic E-state index is 0.214. The number of nitrogens with zero attached hydrogens (tertiary/aromatic N) is 3. The Bertz CT molecular complexity index is 11100. The van der Waals surface area contributed by atoms with Crippen LogP contribution in [0.3, 0.4) is 0 Å². The number of hydrogen-bond acceptors (Lipinski definition) is 4. The molecule has 650 valence electrons. The summed E-state index contributed by atoms with van der Waals surface area (Å²) in [7, 11) is 0. The summed E-state index contributed by atoms with van der Waals surface area (Å²) in [5.74, 6) is 0. The summed E-state index contributed by atoms with van der Waals surface area (Å²) >= 11 is 6.69. The Morgan fingerprint density at radius 3 is 0.964 bits per heavy atom. The molecule has 4 nitrogen and oxygen atoms in total. The zero-order valence-electron chi connectivity index (χ0n) is 74.8. The summed E-state index contributed by atoms with van der Waals surface area (Å²) in [5.41, 5.74) is 21.3. The van der Waals surface area contributed by atoms with Crippen molar-refractivity contribution >= 4 is 326 Å². The molecule has 140 heavy (non-hydrogen) atoms. The second-order valence-corrected chi connectivity index (χ2v) is 46.6. The van der Waals surface area contributed by atoms with Gasteiger partial charge in [0.25, 0.3) is 0 Å². The van der Waals surface area contributed by atoms with E-state index in [-0.39, 0.29) is 43.5 Å². The molecule has 0 bridgehead atoms. The van der Waals surface area contributed by atoms with E-state index in [9.17, 15) is 0 Å². The maximum atomic E-state index is 6.46. The average Bonchev–Trinajstić information content (AvgIpc) is 1.56. The van der Waals surface area contributed by atoms with Crippen LogP contribution in [0.1, 0.15) is 0 Å². The standard InChI is InChI=1S/C50H27NOSSe.C44H25NSSe.C36H21NSSe/c1-2-13-30-27-42-40(25-29(30)12-1)39-26-31(22-24-41(39)52-42)44-33-15-5-7-17-35(33)46(36-18-8-6-16-34(36)44)51-45-32-14-4-3-11-28(32)21-23-38(45)48-47(51)50-49(53-48)37-19-9-10-20-43(37)54-50;1-2-13-28-25-29(22-21-26(28)11-1)38-31-15-5-7-17-33(31)40(34-18-8-6-16-32(34)38)45-39-30-14-4-3-12-27(30)23-24-36(39)42-41(45)44-43(46-42)35-19-9-10-20-37(35)47-44;1-2-10-22(11-3-1)24-20-21-30(27-15-7-6-14-26(24)27)37-32-25-13-5-4-12-23(25)18-19-29(32)34-33(37)36-35(38-34)28-16-8-9-17-31(28)39-36/h1-27H;1-25H;1-21H. The van der Waals surface area contributed by atoms with Crippen LogP contribution in [0.5, 0.6) is 0 Å². The molecule has 0 saturated heterocycles. The normalized spacial score (nSPS) is 12.3. The number of furan rings is 1. The van der Waals surface area contributed by atoms with E-state index in [1.807, 2.05) is 34.0 Å². The second-order valence-electron chi connectivity index (χ2n) is 36.9. The van der Waals surface area contributed by atoms with E-state index in [0.29, 0.717) is 0 Å². The van der Waals surface area contributed by atoms with Gasteiger partial charge < -0.3 is 0 Å². The summed E-state index contributed by atoms with van der Waals surface area (Å²) in [6, 6.07) is 164. The fourth-order valence-electron chi connectivity index (χ4n) is 23.4. The van der Waals surface area contributed by atoms with Crippen LogP contribution < -0.4 is 0 Å². The summed E-state index contributed by atoms with van der Waals surface area (Å²) in [5, 5.41) is 36.0. The Morgan fingerprint density at radius 1 is 0.179 bits per heavy atom. The van der Waals surface area contributed by atoms with Crippen molar-refractivity contribution < 1.29 is 4.42 Å². The number of benzene rings is 23. The summed E-state index contributed by atoms with van der Waals surface area (Å²) in [6.45, 7) is 0. The van der Waals surface area contributed by atoms with E-state index < -0.39 is 0 Å². The molecule has 23 aromatic carbocycles. The van der Waals surface area contributed by atoms with Crippen LogP contribution in [-0.4, -0.2) is 57.2 Å². The van der Waals surface area contributed by atoms with Crippen molar-refractivity contribution in [1.82, 2.24) is 13.7 Å². The minimum atomic E-state index is 0.214. The van der Waals surface area contributed by atoms with Crippen LogP contribution in [0.2, 0.25) is 0 Å². The molecule has 0 saturated carbocycles. The van der Waals surface area contributed by atoms with Crippen LogP contribution >= 0.6 is 34.0 Å². The number of hydrogen-bond donors (Lipinski definition) is 0. The quantitative estimate of drug-likeness (QED) is 0.120. The molecule has 0 N–H and O–H groups in total. The van der Waals surface area contributed by atoms with Crippen molar-refractivity contribution in [2.24, 2.45) is 0 Å². The van der Waals surface area contributed by atoms with Gasteiger partial charge in [-0.05, 0) is 16.8 Å². The Morgan fingerprint density at radius 2 is 0.507 bits per heavy atom. The Hall–Kier alpha value is -15.5. The zero-order chi connectivity index (χ0) is 91.2. The molecule has 0 amide bonds. The van der Waals surface area contributed by atoms with E-state index >= 15 is 0 Å². The van der Waals surface area contributed by atoms with Gasteiger partial charge in [-0.2, -0.15) is 0 Å². The predicted molar refractivity (Wildman–Crippen MR) is 610 cm³/mol. The summed E-state index contributed by atoms with van der Waals surface area (Å²) < 4.78 is 32.0. The van der Waals surface area contributed by atoms with Gasteiger partial charge in [-0.3, -0.25) is 0 Å². The fraction of sp³-hybridized carbons (Fsp3) is 0. The summed E-state index contributed by atoms with van der Waals surface area (Å²) in [4.78, 5) is 0. The molecule has 0 spiro atoms. The average molecular weight is 2030 g/mol. The van der Waals surface area contributed by atoms with E-state index in [0.717, 1.165) is 21.9 Å². The predicted octanol–water partition coefficient (Wildman–Crippen LogP) is 37.1. The van der Waals surface area contributed by atoms with Crippen molar-refractivity contribution in [2.45, 2.75) is 0 Å². The van der Waals surface area contributed by atoms with Gasteiger partial charge in [-0.15, -0.1) is 0 Å². The van der Waals surface area contributed by atoms with E-state index in [4.69, 9.17) is 4.42 Å². The SMILES string of the molecule is c1ccc(-c2ccc(-n3c4c5ccccc5ccc4c4sc5c6ccccc6[se]c5c43)c3ccccc23)cc1.c1ccc2cc(-c3c4ccccc4c(-n4c5c6ccccc6ccc5c5sc6c7ccccc7[se]c6c54)c4ccccc34)ccc2c1.c1ccc2cc3c(cc2c1)oc1ccc(-c2c4ccccc4c(-n4c5c6ccccc6ccc5c5sc6c7ccccc7[se]c6c54)c4ccccc24)cc13. The van der Waals surface area contributed by atoms with E-state index in [2.05, 4.69) is 457 Å². The van der Waals surface area contributed by atoms with Crippen molar-refractivity contribution in [3.8, 4) is 50.4 Å². The first kappa shape index (κ1) is 79.6. The second kappa shape index (κ2) is 31.0. The van der Waals surface area contributed by atoms with Gasteiger partial charge in [0.2, 0.25) is 0 Å². The topological polar surface area (TPSA) is 27.9 Å². The molecule has 0 aliphatic carbocycles. The van der Waals surface area contributed by atoms with Gasteiger partial charge in [0.15, 0.2) is 0 Å². The fourth-order valence-corrected chi connectivity index (χ4v) is 36.7. The van der Waals surface area contributed by atoms with Gasteiger partial charge in [0.1, 0.15) is 0 Å². The van der Waals surface area contributed by atoms with Crippen LogP contribution in [0, 0.1) is 0 Å². The van der Waals surface area contributed by atoms with Crippen LogP contribution in [0.25, 0.3) is 299 Å². The van der Waals surface area contributed by atoms with E-state index in [1.165, 1.54) is 277 Å². The van der Waals surface area contributed by atoms with Gasteiger partial charge in [0, 0.05) is 0 Å². The van der Waals surface area contributed by atoms with Gasteiger partial charge >= 0.3 is 791 Å². The van der Waals surface area contributed by atoms with Gasteiger partial charge in [-0.1, -0.05) is 30.3 Å². The zero-order valence-corrected chi connectivity index (χ0v) is 82.4. The molecule has 0 atom stereocenters. The molecule has 0 fully saturated rings. The molecule has 0 aliphatic rings. The number of thiophene rings is 3. The van der Waals surface area contributed by atoms with Crippen molar-refractivity contribution in [3.05, 3.63) is 443 Å². The Balaban J connectivity index is 0.0000000981. The molecule has 10 heterocycles. The van der Waals surface area contributed by atoms with Crippen molar-refractivity contribution in [2.75, 3.05) is 0 Å². The molecule has 33 aromatic rings. The van der Waals surface area contributed by atoms with Crippen LogP contribution in [0.15, 0.2) is 447 Å². The van der Waals surface area contributed by atoms with Gasteiger partial charge in [0.05, 0.1) is 0 Å². The van der Waals surface area contributed by atoms with Crippen molar-refractivity contribution in [1.29, 1.82) is 0 Å². The summed E-state index contributed by atoms with van der Waals surface area (Å²) in [6.07, 6.45) is 0. The van der Waals surface area contributed by atoms with Crippen LogP contribution in [0.4, 0.5) is 0 Å². The number of rotatable bonds is 6. The Labute approximate surface area is 830 Å². The third-order valence-corrected chi connectivity index (χ3v) is 41.5. The third kappa shape index (κ3) is 11.7. The maximum absolute atomic E-state index is 6.46. The number of aromatic nitrogens is 3. The molecule has 33 rings (SSSR count). The molecule has 10 heteroatoms. The molecular weight excluding hydrogens is 1950 g/mol.